The van der Waals surface area contributed by atoms with Crippen LogP contribution >= 0.6 is 0 Å². The summed E-state index contributed by atoms with van der Waals surface area (Å²) >= 11 is 0. The predicted octanol–water partition coefficient (Wildman–Crippen LogP) is 1.84. The highest BCUT2D eigenvalue weighted by Crippen LogP contribution is 2.17. The molecule has 0 aliphatic heterocycles. The van der Waals surface area contributed by atoms with E-state index in [1.54, 1.807) is 0 Å². The van der Waals surface area contributed by atoms with Crippen molar-refractivity contribution in [3.05, 3.63) is 59.4 Å². The highest BCUT2D eigenvalue weighted by Gasteiger charge is 2.03. The first kappa shape index (κ1) is 10.6. The second-order valence-corrected chi connectivity index (χ2v) is 3.67. The lowest BCUT2D eigenvalue weighted by Crippen LogP contribution is -2.00. The standard InChI is InChI=1S/C13H14N2O/c14-8-11-7-12(15-9-13(11)16)6-10-4-2-1-3-5-10/h1-5,7,9,16H,6,8,14H2. The monoisotopic (exact) mass is 214 g/mol. The second-order valence-electron chi connectivity index (χ2n) is 3.67. The number of pyridine rings is 1. The Morgan fingerprint density at radius 3 is 2.62 bits per heavy atom. The third-order valence-corrected chi connectivity index (χ3v) is 2.47. The first-order valence-electron chi connectivity index (χ1n) is 5.20. The first-order valence-corrected chi connectivity index (χ1v) is 5.20. The third-order valence-electron chi connectivity index (χ3n) is 2.47. The maximum atomic E-state index is 9.46. The molecule has 2 aromatic rings. The summed E-state index contributed by atoms with van der Waals surface area (Å²) in [5, 5.41) is 9.46. The molecule has 0 radical (unpaired) electrons. The topological polar surface area (TPSA) is 59.1 Å². The van der Waals surface area contributed by atoms with Gasteiger partial charge in [-0.25, -0.2) is 0 Å². The molecule has 0 aliphatic rings. The van der Waals surface area contributed by atoms with Gasteiger partial charge in [-0.2, -0.15) is 0 Å². The van der Waals surface area contributed by atoms with Gasteiger partial charge in [-0.05, 0) is 11.6 Å². The Balaban J connectivity index is 2.22. The second kappa shape index (κ2) is 4.77. The predicted molar refractivity (Wildman–Crippen MR) is 63.0 cm³/mol. The van der Waals surface area contributed by atoms with Gasteiger partial charge >= 0.3 is 0 Å². The fourth-order valence-corrected chi connectivity index (χ4v) is 1.60. The zero-order valence-electron chi connectivity index (χ0n) is 8.93. The van der Waals surface area contributed by atoms with Gasteiger partial charge in [0.15, 0.2) is 0 Å². The molecule has 0 fully saturated rings. The van der Waals surface area contributed by atoms with Gasteiger partial charge in [-0.3, -0.25) is 4.98 Å². The molecule has 3 heteroatoms. The summed E-state index contributed by atoms with van der Waals surface area (Å²) in [6.45, 7) is 0.330. The summed E-state index contributed by atoms with van der Waals surface area (Å²) in [6, 6.07) is 11.9. The van der Waals surface area contributed by atoms with Crippen molar-refractivity contribution in [3.8, 4) is 5.75 Å². The molecule has 0 saturated heterocycles. The zero-order valence-corrected chi connectivity index (χ0v) is 8.93. The smallest absolute Gasteiger partial charge is 0.138 e. The van der Waals surface area contributed by atoms with Crippen LogP contribution in [-0.4, -0.2) is 10.1 Å². The molecule has 0 aliphatic carbocycles. The van der Waals surface area contributed by atoms with E-state index in [1.165, 1.54) is 11.8 Å². The molecule has 0 spiro atoms. The molecule has 0 saturated carbocycles. The molecule has 3 N–H and O–H groups in total. The number of hydrogen-bond donors (Lipinski definition) is 2. The third kappa shape index (κ3) is 2.38. The van der Waals surface area contributed by atoms with Crippen LogP contribution < -0.4 is 5.73 Å². The molecule has 1 aromatic carbocycles. The molecule has 2 rings (SSSR count). The van der Waals surface area contributed by atoms with Crippen LogP contribution in [0.25, 0.3) is 0 Å². The molecule has 0 amide bonds. The number of nitrogens with zero attached hydrogens (tertiary/aromatic N) is 1. The first-order chi connectivity index (χ1) is 7.79. The van der Waals surface area contributed by atoms with Crippen LogP contribution in [-0.2, 0) is 13.0 Å². The molecule has 16 heavy (non-hydrogen) atoms. The van der Waals surface area contributed by atoms with Crippen molar-refractivity contribution in [2.75, 3.05) is 0 Å². The van der Waals surface area contributed by atoms with E-state index in [0.717, 1.165) is 17.7 Å². The van der Waals surface area contributed by atoms with Crippen molar-refractivity contribution < 1.29 is 5.11 Å². The average molecular weight is 214 g/mol. The van der Waals surface area contributed by atoms with Crippen LogP contribution in [0.4, 0.5) is 0 Å². The maximum Gasteiger partial charge on any atom is 0.138 e. The van der Waals surface area contributed by atoms with Crippen LogP contribution in [0, 0.1) is 0 Å². The molecule has 0 unspecified atom stereocenters. The van der Waals surface area contributed by atoms with Crippen molar-refractivity contribution in [1.29, 1.82) is 0 Å². The fraction of sp³-hybridized carbons (Fsp3) is 0.154. The minimum atomic E-state index is 0.166. The number of benzene rings is 1. The summed E-state index contributed by atoms with van der Waals surface area (Å²) in [6.07, 6.45) is 2.22. The molecular formula is C13H14N2O. The number of aromatic nitrogens is 1. The Bertz CT molecular complexity index is 469. The van der Waals surface area contributed by atoms with Crippen LogP contribution in [0.1, 0.15) is 16.8 Å². The van der Waals surface area contributed by atoms with Gasteiger partial charge in [0.2, 0.25) is 0 Å². The van der Waals surface area contributed by atoms with Crippen molar-refractivity contribution in [1.82, 2.24) is 4.98 Å². The van der Waals surface area contributed by atoms with Gasteiger partial charge < -0.3 is 10.8 Å². The summed E-state index contributed by atoms with van der Waals surface area (Å²) < 4.78 is 0. The number of aromatic hydroxyl groups is 1. The SMILES string of the molecule is NCc1cc(Cc2ccccc2)ncc1O. The van der Waals surface area contributed by atoms with Gasteiger partial charge in [0, 0.05) is 24.2 Å². The van der Waals surface area contributed by atoms with Crippen LogP contribution in [0.2, 0.25) is 0 Å². The largest absolute Gasteiger partial charge is 0.506 e. The highest BCUT2D eigenvalue weighted by atomic mass is 16.3. The molecule has 1 heterocycles. The molecule has 0 atom stereocenters. The lowest BCUT2D eigenvalue weighted by atomic mass is 10.1. The van der Waals surface area contributed by atoms with E-state index in [4.69, 9.17) is 5.73 Å². The lowest BCUT2D eigenvalue weighted by Gasteiger charge is -2.05. The van der Waals surface area contributed by atoms with Gasteiger partial charge in [0.1, 0.15) is 5.75 Å². The van der Waals surface area contributed by atoms with E-state index >= 15 is 0 Å². The highest BCUT2D eigenvalue weighted by molar-refractivity contribution is 5.33. The van der Waals surface area contributed by atoms with E-state index in [0.29, 0.717) is 6.54 Å². The van der Waals surface area contributed by atoms with Crippen LogP contribution in [0.15, 0.2) is 42.6 Å². The Morgan fingerprint density at radius 1 is 1.19 bits per heavy atom. The van der Waals surface area contributed by atoms with Gasteiger partial charge in [0.25, 0.3) is 0 Å². The quantitative estimate of drug-likeness (QED) is 0.819. The summed E-state index contributed by atoms with van der Waals surface area (Å²) in [5.74, 6) is 0.166. The number of nitrogens with two attached hydrogens (primary N) is 1. The van der Waals surface area contributed by atoms with Crippen molar-refractivity contribution in [2.45, 2.75) is 13.0 Å². The Morgan fingerprint density at radius 2 is 1.94 bits per heavy atom. The van der Waals surface area contributed by atoms with E-state index < -0.39 is 0 Å². The Kier molecular flexibility index (Phi) is 3.17. The average Bonchev–Trinajstić information content (AvgIpc) is 2.33. The maximum absolute atomic E-state index is 9.46. The molecule has 3 nitrogen and oxygen atoms in total. The van der Waals surface area contributed by atoms with E-state index in [1.807, 2.05) is 24.3 Å². The molecule has 1 aromatic heterocycles. The zero-order chi connectivity index (χ0) is 11.4. The number of hydrogen-bond acceptors (Lipinski definition) is 3. The van der Waals surface area contributed by atoms with Crippen molar-refractivity contribution in [2.24, 2.45) is 5.73 Å². The minimum absolute atomic E-state index is 0.166. The summed E-state index contributed by atoms with van der Waals surface area (Å²) in [5.41, 5.74) is 8.38. The Hall–Kier alpha value is -1.87. The van der Waals surface area contributed by atoms with E-state index in [-0.39, 0.29) is 5.75 Å². The van der Waals surface area contributed by atoms with Gasteiger partial charge in [-0.1, -0.05) is 30.3 Å². The van der Waals surface area contributed by atoms with Crippen molar-refractivity contribution >= 4 is 0 Å². The minimum Gasteiger partial charge on any atom is -0.506 e. The molecular weight excluding hydrogens is 200 g/mol. The number of rotatable bonds is 3. The van der Waals surface area contributed by atoms with Gasteiger partial charge in [0.05, 0.1) is 6.20 Å². The van der Waals surface area contributed by atoms with E-state index in [2.05, 4.69) is 17.1 Å². The summed E-state index contributed by atoms with van der Waals surface area (Å²) in [7, 11) is 0. The summed E-state index contributed by atoms with van der Waals surface area (Å²) in [4.78, 5) is 4.18. The fourth-order valence-electron chi connectivity index (χ4n) is 1.60. The van der Waals surface area contributed by atoms with Crippen molar-refractivity contribution in [3.63, 3.8) is 0 Å². The normalized spacial score (nSPS) is 10.3. The molecule has 82 valence electrons. The lowest BCUT2D eigenvalue weighted by molar-refractivity contribution is 0.465. The van der Waals surface area contributed by atoms with Gasteiger partial charge in [-0.15, -0.1) is 0 Å². The molecule has 0 bridgehead atoms. The van der Waals surface area contributed by atoms with Crippen LogP contribution in [0.3, 0.4) is 0 Å². The Labute approximate surface area is 94.6 Å². The van der Waals surface area contributed by atoms with E-state index in [9.17, 15) is 5.11 Å². The van der Waals surface area contributed by atoms with Crippen LogP contribution in [0.5, 0.6) is 5.75 Å².